The number of carbonyl (C=O) groups excluding carboxylic acids is 1. The van der Waals surface area contributed by atoms with Gasteiger partial charge in [0.15, 0.2) is 5.75 Å². The van der Waals surface area contributed by atoms with E-state index < -0.39 is 0 Å². The first kappa shape index (κ1) is 22.1. The van der Waals surface area contributed by atoms with Gasteiger partial charge >= 0.3 is 5.97 Å². The van der Waals surface area contributed by atoms with Gasteiger partial charge in [0.1, 0.15) is 0 Å². The molecule has 0 saturated carbocycles. The smallest absolute Gasteiger partial charge is 0.313 e. The molecule has 0 aliphatic heterocycles. The molecular formula is C20H20Br4O2. The Hall–Kier alpha value is -0.170. The molecule has 2 aromatic carbocycles. The van der Waals surface area contributed by atoms with Crippen molar-refractivity contribution in [1.29, 1.82) is 0 Å². The van der Waals surface area contributed by atoms with Crippen LogP contribution in [0.3, 0.4) is 0 Å². The van der Waals surface area contributed by atoms with Gasteiger partial charge in [0.2, 0.25) is 0 Å². The highest BCUT2D eigenvalue weighted by atomic mass is 79.9. The minimum Gasteiger partial charge on any atom is -0.424 e. The Morgan fingerprint density at radius 1 is 0.885 bits per heavy atom. The minimum atomic E-state index is -0.259. The van der Waals surface area contributed by atoms with Crippen LogP contribution in [-0.4, -0.2) is 5.97 Å². The van der Waals surface area contributed by atoms with Gasteiger partial charge in [-0.1, -0.05) is 59.6 Å². The number of esters is 1. The minimum absolute atomic E-state index is 0.188. The molecule has 0 heterocycles. The monoisotopic (exact) mass is 608 g/mol. The summed E-state index contributed by atoms with van der Waals surface area (Å²) in [6.07, 6.45) is 0. The molecule has 140 valence electrons. The maximum absolute atomic E-state index is 12.0. The van der Waals surface area contributed by atoms with E-state index in [9.17, 15) is 4.79 Å². The van der Waals surface area contributed by atoms with E-state index in [2.05, 4.69) is 96.6 Å². The summed E-state index contributed by atoms with van der Waals surface area (Å²) in [6.45, 7) is 10.0. The summed E-state index contributed by atoms with van der Waals surface area (Å²) < 4.78 is 9.14. The molecule has 0 unspecified atom stereocenters. The number of ether oxygens (including phenoxy) is 1. The van der Waals surface area contributed by atoms with Gasteiger partial charge in [-0.3, -0.25) is 4.79 Å². The zero-order valence-corrected chi connectivity index (χ0v) is 21.6. The van der Waals surface area contributed by atoms with Crippen molar-refractivity contribution in [3.63, 3.8) is 0 Å². The predicted octanol–water partition coefficient (Wildman–Crippen LogP) is 7.93. The summed E-state index contributed by atoms with van der Waals surface area (Å²) in [5.41, 5.74) is 3.20. The summed E-state index contributed by atoms with van der Waals surface area (Å²) in [4.78, 5) is 12.0. The molecule has 0 radical (unpaired) electrons. The van der Waals surface area contributed by atoms with Crippen LogP contribution in [0.15, 0.2) is 42.2 Å². The highest BCUT2D eigenvalue weighted by Crippen LogP contribution is 2.42. The number of halogens is 4. The highest BCUT2D eigenvalue weighted by Gasteiger charge is 2.27. The van der Waals surface area contributed by atoms with E-state index in [4.69, 9.17) is 4.74 Å². The molecule has 0 atom stereocenters. The molecule has 0 aromatic heterocycles. The van der Waals surface area contributed by atoms with Gasteiger partial charge in [0, 0.05) is 14.4 Å². The standard InChI is InChI=1S/C20H20Br4O2/c1-10(2)19(25)26-18-16(23)8-13(9-17(18)24)20(4,5)12-6-14(21)11(3)15(22)7-12/h6-10H,1-5H3. The Morgan fingerprint density at radius 2 is 1.27 bits per heavy atom. The fourth-order valence-electron chi connectivity index (χ4n) is 2.41. The number of hydrogen-bond acceptors (Lipinski definition) is 2. The fourth-order valence-corrected chi connectivity index (χ4v) is 4.94. The Kier molecular flexibility index (Phi) is 7.20. The van der Waals surface area contributed by atoms with Crippen LogP contribution >= 0.6 is 63.7 Å². The molecule has 0 aliphatic rings. The van der Waals surface area contributed by atoms with Crippen molar-refractivity contribution in [3.8, 4) is 5.75 Å². The molecule has 0 aliphatic carbocycles. The van der Waals surface area contributed by atoms with Gasteiger partial charge in [0.05, 0.1) is 14.9 Å². The second kappa shape index (κ2) is 8.46. The van der Waals surface area contributed by atoms with Crippen molar-refractivity contribution in [2.75, 3.05) is 0 Å². The summed E-state index contributed by atoms with van der Waals surface area (Å²) in [5.74, 6) is 0.0616. The number of hydrogen-bond donors (Lipinski definition) is 0. The topological polar surface area (TPSA) is 26.3 Å². The third kappa shape index (κ3) is 4.62. The third-order valence-electron chi connectivity index (χ3n) is 4.40. The van der Waals surface area contributed by atoms with Crippen LogP contribution in [0.2, 0.25) is 0 Å². The maximum Gasteiger partial charge on any atom is 0.313 e. The molecule has 2 rings (SSSR count). The van der Waals surface area contributed by atoms with Crippen LogP contribution in [0.25, 0.3) is 0 Å². The second-order valence-corrected chi connectivity index (χ2v) is 10.5. The first-order chi connectivity index (χ1) is 11.9. The van der Waals surface area contributed by atoms with Crippen LogP contribution in [0.1, 0.15) is 44.4 Å². The van der Waals surface area contributed by atoms with E-state index in [1.54, 1.807) is 0 Å². The van der Waals surface area contributed by atoms with Gasteiger partial charge in [-0.2, -0.15) is 0 Å². The molecule has 0 fully saturated rings. The Balaban J connectivity index is 2.50. The quantitative estimate of drug-likeness (QED) is 0.259. The molecule has 0 bridgehead atoms. The van der Waals surface area contributed by atoms with Gasteiger partial charge in [-0.15, -0.1) is 0 Å². The molecule has 0 amide bonds. The van der Waals surface area contributed by atoms with Crippen molar-refractivity contribution in [3.05, 3.63) is 58.8 Å². The SMILES string of the molecule is Cc1c(Br)cc(C(C)(C)c2cc(Br)c(OC(=O)C(C)C)c(Br)c2)cc1Br. The predicted molar refractivity (Wildman–Crippen MR) is 121 cm³/mol. The van der Waals surface area contributed by atoms with E-state index in [0.717, 1.165) is 23.5 Å². The first-order valence-electron chi connectivity index (χ1n) is 8.12. The Labute approximate surface area is 188 Å². The zero-order valence-electron chi connectivity index (χ0n) is 15.2. The van der Waals surface area contributed by atoms with E-state index >= 15 is 0 Å². The highest BCUT2D eigenvalue weighted by molar-refractivity contribution is 9.11. The summed E-state index contributed by atoms with van der Waals surface area (Å²) in [6, 6.07) is 8.31. The molecule has 2 aromatic rings. The molecular weight excluding hydrogens is 592 g/mol. The fraction of sp³-hybridized carbons (Fsp3) is 0.350. The van der Waals surface area contributed by atoms with E-state index in [-0.39, 0.29) is 17.3 Å². The average molecular weight is 612 g/mol. The van der Waals surface area contributed by atoms with Crippen LogP contribution in [-0.2, 0) is 10.2 Å². The van der Waals surface area contributed by atoms with Crippen LogP contribution in [0.4, 0.5) is 0 Å². The van der Waals surface area contributed by atoms with Crippen molar-refractivity contribution in [1.82, 2.24) is 0 Å². The normalized spacial score (nSPS) is 11.8. The van der Waals surface area contributed by atoms with E-state index in [0.29, 0.717) is 5.75 Å². The Morgan fingerprint density at radius 3 is 1.65 bits per heavy atom. The molecule has 26 heavy (non-hydrogen) atoms. The first-order valence-corrected chi connectivity index (χ1v) is 11.3. The zero-order chi connectivity index (χ0) is 19.8. The van der Waals surface area contributed by atoms with Crippen LogP contribution < -0.4 is 4.74 Å². The van der Waals surface area contributed by atoms with Crippen molar-refractivity contribution < 1.29 is 9.53 Å². The van der Waals surface area contributed by atoms with E-state index in [1.807, 2.05) is 26.0 Å². The second-order valence-electron chi connectivity index (χ2n) is 7.03. The van der Waals surface area contributed by atoms with Crippen molar-refractivity contribution in [2.24, 2.45) is 5.92 Å². The maximum atomic E-state index is 12.0. The van der Waals surface area contributed by atoms with Gasteiger partial charge in [-0.05, 0) is 79.7 Å². The average Bonchev–Trinajstić information content (AvgIpc) is 2.54. The molecule has 0 spiro atoms. The molecule has 6 heteroatoms. The summed E-state index contributed by atoms with van der Waals surface area (Å²) in [5, 5.41) is 0. The largest absolute Gasteiger partial charge is 0.424 e. The lowest BCUT2D eigenvalue weighted by molar-refractivity contribution is -0.137. The van der Waals surface area contributed by atoms with Crippen LogP contribution in [0, 0.1) is 12.8 Å². The Bertz CT molecular complexity index is 811. The number of rotatable bonds is 4. The summed E-state index contributed by atoms with van der Waals surface area (Å²) >= 11 is 14.4. The lowest BCUT2D eigenvalue weighted by Crippen LogP contribution is -2.20. The molecule has 0 saturated heterocycles. The van der Waals surface area contributed by atoms with Gasteiger partial charge in [0.25, 0.3) is 0 Å². The molecule has 0 N–H and O–H groups in total. The summed E-state index contributed by atoms with van der Waals surface area (Å²) in [7, 11) is 0. The van der Waals surface area contributed by atoms with Crippen molar-refractivity contribution >= 4 is 69.7 Å². The molecule has 2 nitrogen and oxygen atoms in total. The third-order valence-corrected chi connectivity index (χ3v) is 7.22. The number of carbonyl (C=O) groups is 1. The van der Waals surface area contributed by atoms with E-state index in [1.165, 1.54) is 11.1 Å². The van der Waals surface area contributed by atoms with Crippen LogP contribution in [0.5, 0.6) is 5.75 Å². The van der Waals surface area contributed by atoms with Gasteiger partial charge < -0.3 is 4.74 Å². The number of benzene rings is 2. The van der Waals surface area contributed by atoms with Gasteiger partial charge in [-0.25, -0.2) is 0 Å². The lowest BCUT2D eigenvalue weighted by atomic mass is 9.78. The van der Waals surface area contributed by atoms with Crippen molar-refractivity contribution in [2.45, 2.75) is 40.0 Å². The lowest BCUT2D eigenvalue weighted by Gasteiger charge is -2.28.